The minimum atomic E-state index is -0.145. The van der Waals surface area contributed by atoms with E-state index in [2.05, 4.69) is 34.6 Å². The summed E-state index contributed by atoms with van der Waals surface area (Å²) in [5.41, 5.74) is 5.77. The second-order valence-electron chi connectivity index (χ2n) is 10.2. The number of nitrogens with one attached hydrogen (secondary N) is 1. The largest absolute Gasteiger partial charge is 0.464 e. The van der Waals surface area contributed by atoms with Crippen molar-refractivity contribution in [1.82, 2.24) is 14.5 Å². The number of fused-ring (bicyclic) bond motifs is 1. The number of furan rings is 1. The summed E-state index contributed by atoms with van der Waals surface area (Å²) in [4.78, 5) is 23.5. The lowest BCUT2D eigenvalue weighted by molar-refractivity contribution is 0.582. The molecule has 1 saturated heterocycles. The van der Waals surface area contributed by atoms with Gasteiger partial charge in [0.15, 0.2) is 5.65 Å². The van der Waals surface area contributed by atoms with E-state index in [0.717, 1.165) is 33.6 Å². The average Bonchev–Trinajstić information content (AvgIpc) is 3.58. The van der Waals surface area contributed by atoms with Gasteiger partial charge in [0.1, 0.15) is 5.76 Å². The van der Waals surface area contributed by atoms with Crippen molar-refractivity contribution in [3.05, 3.63) is 125 Å². The highest BCUT2D eigenvalue weighted by molar-refractivity contribution is 7.99. The van der Waals surface area contributed by atoms with Gasteiger partial charge in [-0.15, -0.1) is 0 Å². The van der Waals surface area contributed by atoms with Crippen LogP contribution < -0.4 is 10.9 Å². The van der Waals surface area contributed by atoms with Crippen LogP contribution in [-0.2, 0) is 0 Å². The maximum Gasteiger partial charge on any atom is 0.264 e. The molecule has 0 radical (unpaired) electrons. The van der Waals surface area contributed by atoms with Crippen LogP contribution in [0.4, 0.5) is 11.6 Å². The van der Waals surface area contributed by atoms with Crippen molar-refractivity contribution >= 4 is 34.4 Å². The molecule has 6 aromatic rings. The lowest BCUT2D eigenvalue weighted by atomic mass is 10.0. The fourth-order valence-electron chi connectivity index (χ4n) is 5.35. The molecule has 6 nitrogen and oxygen atoms in total. The summed E-state index contributed by atoms with van der Waals surface area (Å²) in [5, 5.41) is 4.68. The third-order valence-electron chi connectivity index (χ3n) is 7.48. The van der Waals surface area contributed by atoms with Crippen LogP contribution >= 0.6 is 11.8 Å². The van der Waals surface area contributed by atoms with E-state index in [-0.39, 0.29) is 5.56 Å². The quantitative estimate of drug-likeness (QED) is 0.222. The number of aromatic nitrogens is 3. The Labute approximate surface area is 242 Å². The summed E-state index contributed by atoms with van der Waals surface area (Å²) < 4.78 is 7.19. The van der Waals surface area contributed by atoms with Gasteiger partial charge in [-0.05, 0) is 72.2 Å². The Bertz CT molecular complexity index is 1840. The average molecular weight is 557 g/mol. The highest BCUT2D eigenvalue weighted by atomic mass is 32.2. The van der Waals surface area contributed by atoms with Gasteiger partial charge in [-0.25, -0.2) is 4.98 Å². The lowest BCUT2D eigenvalue weighted by Gasteiger charge is -2.21. The van der Waals surface area contributed by atoms with Gasteiger partial charge in [-0.3, -0.25) is 9.36 Å². The third kappa shape index (κ3) is 5.16. The summed E-state index contributed by atoms with van der Waals surface area (Å²) in [5.74, 6) is 2.46. The maximum absolute atomic E-state index is 14.0. The van der Waals surface area contributed by atoms with Crippen molar-refractivity contribution in [3.8, 4) is 28.1 Å². The van der Waals surface area contributed by atoms with Crippen LogP contribution in [0.15, 0.2) is 119 Å². The molecule has 1 aliphatic rings. The van der Waals surface area contributed by atoms with E-state index >= 15 is 0 Å². The highest BCUT2D eigenvalue weighted by Crippen LogP contribution is 2.38. The van der Waals surface area contributed by atoms with Gasteiger partial charge in [0.2, 0.25) is 5.95 Å². The van der Waals surface area contributed by atoms with Gasteiger partial charge in [0, 0.05) is 33.6 Å². The second kappa shape index (κ2) is 11.1. The monoisotopic (exact) mass is 556 g/mol. The molecule has 1 unspecified atom stereocenters. The lowest BCUT2D eigenvalue weighted by Crippen LogP contribution is -2.21. The van der Waals surface area contributed by atoms with Gasteiger partial charge >= 0.3 is 0 Å². The minimum Gasteiger partial charge on any atom is -0.464 e. The fourth-order valence-corrected chi connectivity index (χ4v) is 6.69. The Morgan fingerprint density at radius 1 is 0.878 bits per heavy atom. The SMILES string of the molecule is O=c1c(-c2ccc(-c3ccco3)cc2)cc2cnc(Nc3ccc(C4CCCCS4)cc3)nc2n1-c1ccccc1. The molecule has 1 fully saturated rings. The van der Waals surface area contributed by atoms with Gasteiger partial charge in [-0.1, -0.05) is 61.0 Å². The molecule has 0 amide bonds. The molecule has 0 bridgehead atoms. The van der Waals surface area contributed by atoms with E-state index in [1.54, 1.807) is 17.0 Å². The van der Waals surface area contributed by atoms with E-state index in [1.807, 2.05) is 84.6 Å². The summed E-state index contributed by atoms with van der Waals surface area (Å²) in [6.07, 6.45) is 7.27. The Hall–Kier alpha value is -4.62. The molecular formula is C34H28N4O2S. The summed E-state index contributed by atoms with van der Waals surface area (Å²) in [6.45, 7) is 0. The molecule has 3 aromatic heterocycles. The zero-order valence-electron chi connectivity index (χ0n) is 22.4. The zero-order chi connectivity index (χ0) is 27.6. The molecule has 0 saturated carbocycles. The molecule has 0 aliphatic carbocycles. The van der Waals surface area contributed by atoms with Crippen molar-refractivity contribution in [1.29, 1.82) is 0 Å². The number of rotatable bonds is 6. The van der Waals surface area contributed by atoms with E-state index in [0.29, 0.717) is 22.4 Å². The van der Waals surface area contributed by atoms with Crippen LogP contribution in [0.1, 0.15) is 30.1 Å². The number of para-hydroxylation sites is 1. The van der Waals surface area contributed by atoms with E-state index in [4.69, 9.17) is 9.40 Å². The van der Waals surface area contributed by atoms with Gasteiger partial charge < -0.3 is 9.73 Å². The number of anilines is 2. The molecule has 1 aliphatic heterocycles. The molecule has 4 heterocycles. The number of benzene rings is 3. The van der Waals surface area contributed by atoms with Crippen molar-refractivity contribution in [2.75, 3.05) is 11.1 Å². The van der Waals surface area contributed by atoms with Crippen molar-refractivity contribution < 1.29 is 4.42 Å². The first kappa shape index (κ1) is 25.4. The molecule has 1 N–H and O–H groups in total. The topological polar surface area (TPSA) is 73.0 Å². The van der Waals surface area contributed by atoms with Gasteiger partial charge in [0.05, 0.1) is 12.0 Å². The molecule has 7 rings (SSSR count). The van der Waals surface area contributed by atoms with Crippen LogP contribution in [0.3, 0.4) is 0 Å². The first-order chi connectivity index (χ1) is 20.2. The fraction of sp³-hybridized carbons (Fsp3) is 0.147. The Kier molecular flexibility index (Phi) is 6.86. The normalized spacial score (nSPS) is 15.2. The molecule has 41 heavy (non-hydrogen) atoms. The first-order valence-electron chi connectivity index (χ1n) is 13.8. The number of hydrogen-bond acceptors (Lipinski definition) is 6. The predicted octanol–water partition coefficient (Wildman–Crippen LogP) is 8.41. The van der Waals surface area contributed by atoms with Crippen LogP contribution in [0.2, 0.25) is 0 Å². The van der Waals surface area contributed by atoms with Crippen LogP contribution in [0.5, 0.6) is 0 Å². The zero-order valence-corrected chi connectivity index (χ0v) is 23.2. The predicted molar refractivity (Wildman–Crippen MR) is 167 cm³/mol. The number of thioether (sulfide) groups is 1. The number of nitrogens with zero attached hydrogens (tertiary/aromatic N) is 3. The van der Waals surface area contributed by atoms with Crippen LogP contribution in [0.25, 0.3) is 39.2 Å². The summed E-state index contributed by atoms with van der Waals surface area (Å²) >= 11 is 2.05. The van der Waals surface area contributed by atoms with Crippen molar-refractivity contribution in [2.45, 2.75) is 24.5 Å². The van der Waals surface area contributed by atoms with E-state index in [1.165, 1.54) is 30.6 Å². The molecule has 0 spiro atoms. The molecular weight excluding hydrogens is 528 g/mol. The number of pyridine rings is 1. The first-order valence-corrected chi connectivity index (χ1v) is 14.9. The van der Waals surface area contributed by atoms with Crippen molar-refractivity contribution in [2.24, 2.45) is 0 Å². The van der Waals surface area contributed by atoms with Crippen molar-refractivity contribution in [3.63, 3.8) is 0 Å². The highest BCUT2D eigenvalue weighted by Gasteiger charge is 2.17. The molecule has 7 heteroatoms. The smallest absolute Gasteiger partial charge is 0.264 e. The third-order valence-corrected chi connectivity index (χ3v) is 8.91. The van der Waals surface area contributed by atoms with Gasteiger partial charge in [-0.2, -0.15) is 16.7 Å². The number of hydrogen-bond donors (Lipinski definition) is 1. The van der Waals surface area contributed by atoms with E-state index in [9.17, 15) is 4.79 Å². The summed E-state index contributed by atoms with van der Waals surface area (Å²) in [6, 6.07) is 31.6. The Morgan fingerprint density at radius 3 is 2.41 bits per heavy atom. The summed E-state index contributed by atoms with van der Waals surface area (Å²) in [7, 11) is 0. The maximum atomic E-state index is 14.0. The van der Waals surface area contributed by atoms with Crippen LogP contribution in [0, 0.1) is 0 Å². The van der Waals surface area contributed by atoms with Gasteiger partial charge in [0.25, 0.3) is 5.56 Å². The Morgan fingerprint density at radius 2 is 1.68 bits per heavy atom. The minimum absolute atomic E-state index is 0.145. The van der Waals surface area contributed by atoms with Crippen LogP contribution in [-0.4, -0.2) is 20.3 Å². The standard InChI is InChI=1S/C34H28N4O2S/c39-33-29(23-11-13-24(14-12-23)30-9-6-19-40-30)21-26-22-35-34(37-32(26)38(33)28-7-2-1-3-8-28)36-27-17-15-25(16-18-27)31-10-4-5-20-41-31/h1-3,6-9,11-19,21-22,31H,4-5,10,20H2,(H,35,36,37). The molecule has 1 atom stereocenters. The second-order valence-corrected chi connectivity index (χ2v) is 11.5. The Balaban J connectivity index is 1.26. The molecule has 3 aromatic carbocycles. The van der Waals surface area contributed by atoms with E-state index < -0.39 is 0 Å². The molecule has 202 valence electrons.